The van der Waals surface area contributed by atoms with Gasteiger partial charge in [0.05, 0.1) is 31.6 Å². The van der Waals surface area contributed by atoms with Crippen LogP contribution < -0.4 is 10.9 Å². The number of aromatic nitrogens is 4. The molecule has 0 atom stereocenters. The highest BCUT2D eigenvalue weighted by atomic mass is 79.9. The van der Waals surface area contributed by atoms with E-state index in [1.165, 1.54) is 17.3 Å². The standard InChI is InChI=1S/C9H10BrN5O3/c10-8-6(11-4-7-12-5-18-14-7)3-13-15(1-2-16)9(8)17/h3,5,11,16H,1-2,4H2. The van der Waals surface area contributed by atoms with E-state index in [4.69, 9.17) is 5.11 Å². The van der Waals surface area contributed by atoms with Gasteiger partial charge < -0.3 is 14.9 Å². The van der Waals surface area contributed by atoms with Crippen molar-refractivity contribution < 1.29 is 9.63 Å². The molecule has 2 rings (SSSR count). The first-order valence-electron chi connectivity index (χ1n) is 5.08. The van der Waals surface area contributed by atoms with E-state index in [2.05, 4.69) is 41.0 Å². The summed E-state index contributed by atoms with van der Waals surface area (Å²) in [5.41, 5.74) is 0.209. The molecular formula is C9H10BrN5O3. The van der Waals surface area contributed by atoms with Gasteiger partial charge in [0.25, 0.3) is 5.56 Å². The number of aliphatic hydroxyl groups is 1. The predicted molar refractivity (Wildman–Crippen MR) is 64.9 cm³/mol. The minimum atomic E-state index is -0.317. The van der Waals surface area contributed by atoms with Gasteiger partial charge in [-0.1, -0.05) is 5.16 Å². The third-order valence-corrected chi connectivity index (χ3v) is 2.91. The Labute approximate surface area is 110 Å². The van der Waals surface area contributed by atoms with E-state index in [0.29, 0.717) is 22.5 Å². The molecule has 0 aliphatic rings. The maximum atomic E-state index is 11.8. The van der Waals surface area contributed by atoms with Gasteiger partial charge in [-0.05, 0) is 15.9 Å². The normalized spacial score (nSPS) is 10.6. The summed E-state index contributed by atoms with van der Waals surface area (Å²) in [6.45, 7) is 0.331. The van der Waals surface area contributed by atoms with Crippen molar-refractivity contribution in [1.29, 1.82) is 0 Å². The number of aliphatic hydroxyl groups excluding tert-OH is 1. The highest BCUT2D eigenvalue weighted by Crippen LogP contribution is 2.16. The molecule has 0 bridgehead atoms. The molecule has 96 valence electrons. The van der Waals surface area contributed by atoms with E-state index in [9.17, 15) is 4.79 Å². The fourth-order valence-corrected chi connectivity index (χ4v) is 1.73. The molecule has 2 heterocycles. The van der Waals surface area contributed by atoms with Gasteiger partial charge in [-0.3, -0.25) is 4.79 Å². The van der Waals surface area contributed by atoms with Gasteiger partial charge in [0, 0.05) is 0 Å². The summed E-state index contributed by atoms with van der Waals surface area (Å²) in [7, 11) is 0. The maximum Gasteiger partial charge on any atom is 0.283 e. The molecule has 0 aliphatic carbocycles. The summed E-state index contributed by atoms with van der Waals surface area (Å²) < 4.78 is 6.10. The lowest BCUT2D eigenvalue weighted by Crippen LogP contribution is -2.25. The predicted octanol–water partition coefficient (Wildman–Crippen LogP) is -0.00680. The molecule has 18 heavy (non-hydrogen) atoms. The Hall–Kier alpha value is -1.74. The zero-order valence-electron chi connectivity index (χ0n) is 9.21. The second-order valence-electron chi connectivity index (χ2n) is 3.33. The molecule has 2 aromatic heterocycles. The van der Waals surface area contributed by atoms with Crippen LogP contribution in [0.2, 0.25) is 0 Å². The topological polar surface area (TPSA) is 106 Å². The first kappa shape index (κ1) is 12.7. The molecule has 0 aromatic carbocycles. The Kier molecular flexibility index (Phi) is 4.05. The molecule has 0 fully saturated rings. The molecular weight excluding hydrogens is 306 g/mol. The van der Waals surface area contributed by atoms with Crippen molar-refractivity contribution >= 4 is 21.6 Å². The molecule has 2 N–H and O–H groups in total. The minimum absolute atomic E-state index is 0.144. The fraction of sp³-hybridized carbons (Fsp3) is 0.333. The molecule has 0 saturated heterocycles. The quantitative estimate of drug-likeness (QED) is 0.799. The smallest absolute Gasteiger partial charge is 0.283 e. The van der Waals surface area contributed by atoms with E-state index in [-0.39, 0.29) is 18.7 Å². The Bertz CT molecular complexity index is 568. The summed E-state index contributed by atoms with van der Waals surface area (Å²) >= 11 is 3.18. The van der Waals surface area contributed by atoms with Crippen LogP contribution in [0.5, 0.6) is 0 Å². The van der Waals surface area contributed by atoms with Crippen LogP contribution in [-0.4, -0.2) is 31.6 Å². The molecule has 0 aliphatic heterocycles. The van der Waals surface area contributed by atoms with E-state index in [1.54, 1.807) is 0 Å². The summed E-state index contributed by atoms with van der Waals surface area (Å²) in [6.07, 6.45) is 2.71. The molecule has 8 nitrogen and oxygen atoms in total. The lowest BCUT2D eigenvalue weighted by molar-refractivity contribution is 0.266. The Balaban J connectivity index is 2.14. The van der Waals surface area contributed by atoms with Crippen LogP contribution in [-0.2, 0) is 13.1 Å². The second-order valence-corrected chi connectivity index (χ2v) is 4.12. The van der Waals surface area contributed by atoms with E-state index < -0.39 is 0 Å². The average Bonchev–Trinajstić information content (AvgIpc) is 2.87. The van der Waals surface area contributed by atoms with Crippen molar-refractivity contribution in [3.05, 3.63) is 33.2 Å². The maximum absolute atomic E-state index is 11.8. The van der Waals surface area contributed by atoms with Crippen LogP contribution in [0, 0.1) is 0 Å². The van der Waals surface area contributed by atoms with Gasteiger partial charge >= 0.3 is 0 Å². The van der Waals surface area contributed by atoms with Crippen LogP contribution in [0.15, 0.2) is 26.4 Å². The minimum Gasteiger partial charge on any atom is -0.394 e. The van der Waals surface area contributed by atoms with Crippen molar-refractivity contribution in [2.75, 3.05) is 11.9 Å². The number of nitrogens with zero attached hydrogens (tertiary/aromatic N) is 4. The number of nitrogens with one attached hydrogen (secondary N) is 1. The van der Waals surface area contributed by atoms with Gasteiger partial charge in [0.15, 0.2) is 5.82 Å². The number of hydrogen-bond donors (Lipinski definition) is 2. The third-order valence-electron chi connectivity index (χ3n) is 2.14. The molecule has 0 saturated carbocycles. The highest BCUT2D eigenvalue weighted by Gasteiger charge is 2.09. The molecule has 9 heteroatoms. The largest absolute Gasteiger partial charge is 0.394 e. The zero-order valence-corrected chi connectivity index (χ0v) is 10.8. The monoisotopic (exact) mass is 315 g/mol. The first-order valence-corrected chi connectivity index (χ1v) is 5.87. The summed E-state index contributed by atoms with van der Waals surface area (Å²) in [5.74, 6) is 0.474. The molecule has 0 amide bonds. The van der Waals surface area contributed by atoms with Crippen molar-refractivity contribution in [2.45, 2.75) is 13.1 Å². The Morgan fingerprint density at radius 3 is 3.06 bits per heavy atom. The number of anilines is 1. The van der Waals surface area contributed by atoms with Gasteiger partial charge in [0.1, 0.15) is 4.47 Å². The van der Waals surface area contributed by atoms with Gasteiger partial charge in [-0.25, -0.2) is 4.68 Å². The third kappa shape index (κ3) is 2.74. The van der Waals surface area contributed by atoms with Crippen molar-refractivity contribution in [3.63, 3.8) is 0 Å². The summed E-state index contributed by atoms with van der Waals surface area (Å²) in [5, 5.41) is 19.3. The number of rotatable bonds is 5. The summed E-state index contributed by atoms with van der Waals surface area (Å²) in [4.78, 5) is 15.6. The average molecular weight is 316 g/mol. The zero-order chi connectivity index (χ0) is 13.0. The Morgan fingerprint density at radius 1 is 1.56 bits per heavy atom. The molecule has 0 radical (unpaired) electrons. The molecule has 2 aromatic rings. The van der Waals surface area contributed by atoms with E-state index >= 15 is 0 Å². The van der Waals surface area contributed by atoms with E-state index in [0.717, 1.165) is 0 Å². The second kappa shape index (κ2) is 5.74. The Morgan fingerprint density at radius 2 is 2.39 bits per heavy atom. The van der Waals surface area contributed by atoms with Crippen LogP contribution in [0.3, 0.4) is 0 Å². The fourth-order valence-electron chi connectivity index (χ4n) is 1.29. The molecule has 0 unspecified atom stereocenters. The lowest BCUT2D eigenvalue weighted by Gasteiger charge is -2.08. The van der Waals surface area contributed by atoms with E-state index in [1.807, 2.05) is 0 Å². The van der Waals surface area contributed by atoms with Gasteiger partial charge in [-0.2, -0.15) is 10.1 Å². The first-order chi connectivity index (χ1) is 8.72. The van der Waals surface area contributed by atoms with Crippen molar-refractivity contribution in [2.24, 2.45) is 0 Å². The van der Waals surface area contributed by atoms with Crippen LogP contribution >= 0.6 is 15.9 Å². The van der Waals surface area contributed by atoms with Gasteiger partial charge in [0.2, 0.25) is 6.39 Å². The number of hydrogen-bond acceptors (Lipinski definition) is 7. The van der Waals surface area contributed by atoms with Crippen LogP contribution in [0.25, 0.3) is 0 Å². The van der Waals surface area contributed by atoms with Crippen molar-refractivity contribution in [3.8, 4) is 0 Å². The van der Waals surface area contributed by atoms with Crippen molar-refractivity contribution in [1.82, 2.24) is 19.9 Å². The highest BCUT2D eigenvalue weighted by molar-refractivity contribution is 9.10. The van der Waals surface area contributed by atoms with Gasteiger partial charge in [-0.15, -0.1) is 0 Å². The van der Waals surface area contributed by atoms with Crippen LogP contribution in [0.1, 0.15) is 5.82 Å². The number of halogens is 1. The molecule has 0 spiro atoms. The SMILES string of the molecule is O=c1c(Br)c(NCc2ncon2)cnn1CCO. The lowest BCUT2D eigenvalue weighted by atomic mass is 10.4. The van der Waals surface area contributed by atoms with Crippen LogP contribution in [0.4, 0.5) is 5.69 Å². The summed E-state index contributed by atoms with van der Waals surface area (Å²) in [6, 6.07) is 0.